The van der Waals surface area contributed by atoms with Gasteiger partial charge in [-0.2, -0.15) is 0 Å². The number of nitrogens with zero attached hydrogens (tertiary/aromatic N) is 5. The largest absolute Gasteiger partial charge is 0.304 e. The molecule has 0 bridgehead atoms. The van der Waals surface area contributed by atoms with Crippen LogP contribution in [0, 0.1) is 0 Å². The summed E-state index contributed by atoms with van der Waals surface area (Å²) in [5.41, 5.74) is 3.45. The summed E-state index contributed by atoms with van der Waals surface area (Å²) in [6.45, 7) is 2.90. The smallest absolute Gasteiger partial charge is 0.0762 e. The van der Waals surface area contributed by atoms with Crippen LogP contribution in [0.5, 0.6) is 0 Å². The van der Waals surface area contributed by atoms with E-state index in [0.29, 0.717) is 6.04 Å². The first-order chi connectivity index (χ1) is 10.7. The Morgan fingerprint density at radius 2 is 2.00 bits per heavy atom. The highest BCUT2D eigenvalue weighted by molar-refractivity contribution is 5.13. The van der Waals surface area contributed by atoms with Crippen molar-refractivity contribution in [3.05, 3.63) is 53.9 Å². The molecule has 5 nitrogen and oxygen atoms in total. The van der Waals surface area contributed by atoms with E-state index in [9.17, 15) is 0 Å². The van der Waals surface area contributed by atoms with E-state index < -0.39 is 0 Å². The fraction of sp³-hybridized carbons (Fsp3) is 0.471. The second kappa shape index (κ2) is 6.94. The van der Waals surface area contributed by atoms with Crippen LogP contribution in [0.3, 0.4) is 0 Å². The summed E-state index contributed by atoms with van der Waals surface area (Å²) in [7, 11) is 4.11. The molecule has 3 rings (SSSR count). The van der Waals surface area contributed by atoms with E-state index in [4.69, 9.17) is 4.98 Å². The summed E-state index contributed by atoms with van der Waals surface area (Å²) in [4.78, 5) is 17.9. The molecule has 2 aromatic rings. The van der Waals surface area contributed by atoms with E-state index in [-0.39, 0.29) is 0 Å². The maximum absolute atomic E-state index is 4.83. The molecule has 1 saturated heterocycles. The predicted molar refractivity (Wildman–Crippen MR) is 86.0 cm³/mol. The van der Waals surface area contributed by atoms with Crippen LogP contribution in [-0.4, -0.2) is 45.4 Å². The molecule has 2 aromatic heterocycles. The number of hydrogen-bond acceptors (Lipinski definition) is 5. The number of aromatic nitrogens is 3. The summed E-state index contributed by atoms with van der Waals surface area (Å²) in [5, 5.41) is 0. The molecular weight excluding hydrogens is 274 g/mol. The second-order valence-corrected chi connectivity index (χ2v) is 6.16. The lowest BCUT2D eigenvalue weighted by Gasteiger charge is -2.24. The standard InChI is InChI=1S/C17H23N5/c1-21(2)13-15-10-19-11-16(20-15)17-4-3-9-22(17)12-14-5-7-18-8-6-14/h5-8,10-11,17H,3-4,9,12-13H2,1-2H3. The number of rotatable bonds is 5. The van der Waals surface area contributed by atoms with E-state index in [1.165, 1.54) is 12.0 Å². The molecule has 1 atom stereocenters. The van der Waals surface area contributed by atoms with Gasteiger partial charge in [0.1, 0.15) is 0 Å². The Morgan fingerprint density at radius 3 is 2.77 bits per heavy atom. The highest BCUT2D eigenvalue weighted by Crippen LogP contribution is 2.31. The van der Waals surface area contributed by atoms with E-state index in [1.54, 1.807) is 0 Å². The number of hydrogen-bond donors (Lipinski definition) is 0. The summed E-state index contributed by atoms with van der Waals surface area (Å²) >= 11 is 0. The van der Waals surface area contributed by atoms with Gasteiger partial charge in [0.15, 0.2) is 0 Å². The summed E-state index contributed by atoms with van der Waals surface area (Å²) in [6, 6.07) is 4.55. The fourth-order valence-corrected chi connectivity index (χ4v) is 3.06. The van der Waals surface area contributed by atoms with Gasteiger partial charge in [-0.3, -0.25) is 19.9 Å². The Morgan fingerprint density at radius 1 is 1.18 bits per heavy atom. The van der Waals surface area contributed by atoms with Crippen molar-refractivity contribution in [2.75, 3.05) is 20.6 Å². The highest BCUT2D eigenvalue weighted by Gasteiger charge is 2.27. The van der Waals surface area contributed by atoms with E-state index in [0.717, 1.165) is 37.4 Å². The van der Waals surface area contributed by atoms with Crippen LogP contribution in [0.4, 0.5) is 0 Å². The quantitative estimate of drug-likeness (QED) is 0.847. The van der Waals surface area contributed by atoms with Crippen molar-refractivity contribution in [1.29, 1.82) is 0 Å². The Hall–Kier alpha value is -1.85. The van der Waals surface area contributed by atoms with Gasteiger partial charge in [-0.15, -0.1) is 0 Å². The van der Waals surface area contributed by atoms with Crippen LogP contribution >= 0.6 is 0 Å². The number of pyridine rings is 1. The van der Waals surface area contributed by atoms with Gasteiger partial charge in [0, 0.05) is 37.9 Å². The molecule has 5 heteroatoms. The van der Waals surface area contributed by atoms with Gasteiger partial charge in [-0.05, 0) is 51.2 Å². The molecule has 1 fully saturated rings. The maximum atomic E-state index is 4.83. The first kappa shape index (κ1) is 15.1. The van der Waals surface area contributed by atoms with Crippen molar-refractivity contribution in [3.63, 3.8) is 0 Å². The van der Waals surface area contributed by atoms with Gasteiger partial charge in [0.05, 0.1) is 17.4 Å². The van der Waals surface area contributed by atoms with E-state index >= 15 is 0 Å². The minimum absolute atomic E-state index is 0.378. The predicted octanol–water partition coefficient (Wildman–Crippen LogP) is 2.27. The van der Waals surface area contributed by atoms with Crippen LogP contribution < -0.4 is 0 Å². The molecule has 0 radical (unpaired) electrons. The monoisotopic (exact) mass is 297 g/mol. The summed E-state index contributed by atoms with van der Waals surface area (Å²) < 4.78 is 0. The molecule has 116 valence electrons. The average Bonchev–Trinajstić information content (AvgIpc) is 2.96. The highest BCUT2D eigenvalue weighted by atomic mass is 15.2. The molecule has 1 unspecified atom stereocenters. The Kier molecular flexibility index (Phi) is 4.75. The van der Waals surface area contributed by atoms with Gasteiger partial charge in [-0.25, -0.2) is 0 Å². The minimum atomic E-state index is 0.378. The van der Waals surface area contributed by atoms with Crippen molar-refractivity contribution in [2.45, 2.75) is 32.0 Å². The molecule has 0 aromatic carbocycles. The fourth-order valence-electron chi connectivity index (χ4n) is 3.06. The third-order valence-electron chi connectivity index (χ3n) is 4.02. The van der Waals surface area contributed by atoms with E-state index in [1.807, 2.05) is 24.8 Å². The lowest BCUT2D eigenvalue weighted by atomic mass is 10.1. The topological polar surface area (TPSA) is 45.2 Å². The zero-order valence-corrected chi connectivity index (χ0v) is 13.3. The Balaban J connectivity index is 1.75. The first-order valence-electron chi connectivity index (χ1n) is 7.81. The molecule has 22 heavy (non-hydrogen) atoms. The molecule has 0 spiro atoms. The molecule has 0 saturated carbocycles. The second-order valence-electron chi connectivity index (χ2n) is 6.16. The van der Waals surface area contributed by atoms with Crippen LogP contribution in [0.2, 0.25) is 0 Å². The Bertz CT molecular complexity index is 599. The van der Waals surface area contributed by atoms with Crippen molar-refractivity contribution in [3.8, 4) is 0 Å². The van der Waals surface area contributed by atoms with Gasteiger partial charge in [0.25, 0.3) is 0 Å². The molecule has 0 amide bonds. The average molecular weight is 297 g/mol. The minimum Gasteiger partial charge on any atom is -0.304 e. The molecular formula is C17H23N5. The molecule has 0 aliphatic carbocycles. The summed E-state index contributed by atoms with van der Waals surface area (Å²) in [5.74, 6) is 0. The van der Waals surface area contributed by atoms with Crippen LogP contribution in [-0.2, 0) is 13.1 Å². The molecule has 1 aliphatic rings. The zero-order valence-electron chi connectivity index (χ0n) is 13.3. The van der Waals surface area contributed by atoms with Crippen molar-refractivity contribution < 1.29 is 0 Å². The van der Waals surface area contributed by atoms with Crippen LogP contribution in [0.1, 0.15) is 35.8 Å². The van der Waals surface area contributed by atoms with Gasteiger partial charge < -0.3 is 4.90 Å². The van der Waals surface area contributed by atoms with Crippen LogP contribution in [0.15, 0.2) is 36.9 Å². The van der Waals surface area contributed by atoms with E-state index in [2.05, 4.69) is 46.0 Å². The van der Waals surface area contributed by atoms with Gasteiger partial charge in [0.2, 0.25) is 0 Å². The van der Waals surface area contributed by atoms with Gasteiger partial charge in [-0.1, -0.05) is 0 Å². The zero-order chi connectivity index (χ0) is 15.4. The first-order valence-corrected chi connectivity index (χ1v) is 7.81. The molecule has 0 N–H and O–H groups in total. The third-order valence-corrected chi connectivity index (χ3v) is 4.02. The lowest BCUT2D eigenvalue weighted by Crippen LogP contribution is -2.24. The Labute approximate surface area is 132 Å². The lowest BCUT2D eigenvalue weighted by molar-refractivity contribution is 0.243. The number of likely N-dealkylation sites (tertiary alicyclic amines) is 1. The third kappa shape index (κ3) is 3.67. The maximum Gasteiger partial charge on any atom is 0.0762 e. The van der Waals surface area contributed by atoms with Crippen molar-refractivity contribution in [1.82, 2.24) is 24.8 Å². The van der Waals surface area contributed by atoms with Crippen molar-refractivity contribution in [2.24, 2.45) is 0 Å². The normalized spacial score (nSPS) is 19.0. The molecule has 1 aliphatic heterocycles. The van der Waals surface area contributed by atoms with Crippen molar-refractivity contribution >= 4 is 0 Å². The van der Waals surface area contributed by atoms with Gasteiger partial charge >= 0.3 is 0 Å². The van der Waals surface area contributed by atoms with Crippen LogP contribution in [0.25, 0.3) is 0 Å². The summed E-state index contributed by atoms with van der Waals surface area (Å²) in [6.07, 6.45) is 9.89. The SMILES string of the molecule is CN(C)Cc1cncc(C2CCCN2Cc2ccncc2)n1. The molecule has 3 heterocycles.